The molecule has 8 heteroatoms. The van der Waals surface area contributed by atoms with Crippen LogP contribution in [0, 0.1) is 24.0 Å². The van der Waals surface area contributed by atoms with Crippen LogP contribution < -0.4 is 4.74 Å². The number of amides is 1. The van der Waals surface area contributed by atoms with Crippen LogP contribution in [0.3, 0.4) is 0 Å². The molecule has 1 amide bonds. The highest BCUT2D eigenvalue weighted by Crippen LogP contribution is 2.29. The van der Waals surface area contributed by atoms with Gasteiger partial charge in [-0.3, -0.25) is 19.6 Å². The fourth-order valence-corrected chi connectivity index (χ4v) is 4.31. The Morgan fingerprint density at radius 2 is 1.84 bits per heavy atom. The van der Waals surface area contributed by atoms with Crippen molar-refractivity contribution in [1.82, 2.24) is 14.7 Å². The van der Waals surface area contributed by atoms with E-state index in [1.165, 1.54) is 5.56 Å². The molecule has 2 aromatic carbocycles. The molecule has 1 unspecified atom stereocenters. The van der Waals surface area contributed by atoms with Crippen LogP contribution in [0.25, 0.3) is 0 Å². The third-order valence-electron chi connectivity index (χ3n) is 6.12. The van der Waals surface area contributed by atoms with Gasteiger partial charge in [-0.1, -0.05) is 24.3 Å². The van der Waals surface area contributed by atoms with E-state index in [9.17, 15) is 14.9 Å². The number of benzene rings is 2. The summed E-state index contributed by atoms with van der Waals surface area (Å²) in [5.41, 5.74) is 3.77. The fraction of sp³-hybridized carbons (Fsp3) is 0.333. The van der Waals surface area contributed by atoms with Gasteiger partial charge in [-0.05, 0) is 55.7 Å². The van der Waals surface area contributed by atoms with Crippen LogP contribution in [0.4, 0.5) is 5.69 Å². The van der Waals surface area contributed by atoms with Gasteiger partial charge < -0.3 is 9.64 Å². The Balaban J connectivity index is 1.41. The summed E-state index contributed by atoms with van der Waals surface area (Å²) in [7, 11) is 1.65. The largest absolute Gasteiger partial charge is 0.497 e. The topological polar surface area (TPSA) is 90.5 Å². The summed E-state index contributed by atoms with van der Waals surface area (Å²) in [6.07, 6.45) is 0.937. The normalized spacial score (nSPS) is 15.7. The van der Waals surface area contributed by atoms with Crippen LogP contribution in [0.2, 0.25) is 0 Å². The van der Waals surface area contributed by atoms with Crippen molar-refractivity contribution in [1.29, 1.82) is 0 Å². The molecule has 8 nitrogen and oxygen atoms in total. The smallest absolute Gasteiger partial charge is 0.312 e. The van der Waals surface area contributed by atoms with Gasteiger partial charge in [-0.25, -0.2) is 0 Å². The third-order valence-corrected chi connectivity index (χ3v) is 6.12. The predicted molar refractivity (Wildman–Crippen MR) is 120 cm³/mol. The number of carbonyl (C=O) groups excluding carboxylic acids is 1. The quantitative estimate of drug-likeness (QED) is 0.430. The monoisotopic (exact) mass is 434 g/mol. The van der Waals surface area contributed by atoms with E-state index in [1.54, 1.807) is 25.6 Å². The van der Waals surface area contributed by atoms with E-state index < -0.39 is 4.92 Å². The Morgan fingerprint density at radius 1 is 1.16 bits per heavy atom. The lowest BCUT2D eigenvalue weighted by Gasteiger charge is -2.17. The summed E-state index contributed by atoms with van der Waals surface area (Å²) >= 11 is 0. The third kappa shape index (κ3) is 4.21. The number of hydrogen-bond donors (Lipinski definition) is 0. The first-order valence-corrected chi connectivity index (χ1v) is 10.6. The molecule has 0 saturated carbocycles. The van der Waals surface area contributed by atoms with Crippen molar-refractivity contribution < 1.29 is 14.5 Å². The molecule has 4 rings (SSSR count). The molecule has 166 valence electrons. The number of methoxy groups -OCH3 is 1. The average Bonchev–Trinajstić information content (AvgIpc) is 3.38. The van der Waals surface area contributed by atoms with Gasteiger partial charge in [-0.15, -0.1) is 0 Å². The summed E-state index contributed by atoms with van der Waals surface area (Å²) in [6.45, 7) is 5.18. The first-order valence-electron chi connectivity index (χ1n) is 10.6. The minimum absolute atomic E-state index is 0.0225. The number of hydrogen-bond acceptors (Lipinski definition) is 5. The first kappa shape index (κ1) is 21.5. The second-order valence-electron chi connectivity index (χ2n) is 8.14. The standard InChI is InChI=1S/C24H26N4O4/c1-16-23(28(30)31)17(2)27(25-16)14-18-4-6-20(7-5-18)24(29)26-13-12-21(15-26)19-8-10-22(32-3)11-9-19/h4-11,21H,12-15H2,1-3H3. The molecule has 0 radical (unpaired) electrons. The maximum absolute atomic E-state index is 13.0. The van der Waals surface area contributed by atoms with Gasteiger partial charge in [0.25, 0.3) is 5.91 Å². The maximum Gasteiger partial charge on any atom is 0.312 e. The molecule has 32 heavy (non-hydrogen) atoms. The van der Waals surface area contributed by atoms with Gasteiger partial charge in [0.05, 0.1) is 18.6 Å². The highest BCUT2D eigenvalue weighted by molar-refractivity contribution is 5.94. The highest BCUT2D eigenvalue weighted by atomic mass is 16.6. The molecular formula is C24H26N4O4. The number of aromatic nitrogens is 2. The van der Waals surface area contributed by atoms with Crippen molar-refractivity contribution in [2.75, 3.05) is 20.2 Å². The molecule has 1 saturated heterocycles. The Morgan fingerprint density at radius 3 is 2.44 bits per heavy atom. The Bertz CT molecular complexity index is 1140. The molecule has 0 bridgehead atoms. The SMILES string of the molecule is COc1ccc(C2CCN(C(=O)c3ccc(Cn4nc(C)c([N+](=O)[O-])c4C)cc3)C2)cc1. The number of nitro groups is 1. The van der Waals surface area contributed by atoms with Crippen molar-refractivity contribution in [3.63, 3.8) is 0 Å². The molecule has 1 atom stereocenters. The fourth-order valence-electron chi connectivity index (χ4n) is 4.31. The molecule has 1 aliphatic rings. The summed E-state index contributed by atoms with van der Waals surface area (Å²) in [5, 5.41) is 15.5. The van der Waals surface area contributed by atoms with Crippen LogP contribution >= 0.6 is 0 Å². The van der Waals surface area contributed by atoms with Crippen LogP contribution in [0.5, 0.6) is 5.75 Å². The molecule has 0 aliphatic carbocycles. The zero-order valence-electron chi connectivity index (χ0n) is 18.4. The minimum Gasteiger partial charge on any atom is -0.497 e. The van der Waals surface area contributed by atoms with Gasteiger partial charge in [0.2, 0.25) is 0 Å². The van der Waals surface area contributed by atoms with Crippen molar-refractivity contribution in [2.24, 2.45) is 0 Å². The van der Waals surface area contributed by atoms with Crippen molar-refractivity contribution in [3.05, 3.63) is 86.7 Å². The Labute approximate surface area is 186 Å². The molecule has 2 heterocycles. The lowest BCUT2D eigenvalue weighted by atomic mass is 9.98. The van der Waals surface area contributed by atoms with E-state index >= 15 is 0 Å². The van der Waals surface area contributed by atoms with Crippen LogP contribution in [-0.4, -0.2) is 45.7 Å². The molecule has 1 aliphatic heterocycles. The second kappa shape index (κ2) is 8.82. The van der Waals surface area contributed by atoms with Gasteiger partial charge in [0, 0.05) is 24.6 Å². The van der Waals surface area contributed by atoms with Crippen molar-refractivity contribution >= 4 is 11.6 Å². The number of likely N-dealkylation sites (tertiary alicyclic amines) is 1. The van der Waals surface area contributed by atoms with Gasteiger partial charge >= 0.3 is 5.69 Å². The van der Waals surface area contributed by atoms with E-state index in [1.807, 2.05) is 41.3 Å². The van der Waals surface area contributed by atoms with Crippen LogP contribution in [-0.2, 0) is 6.54 Å². The van der Waals surface area contributed by atoms with E-state index in [0.717, 1.165) is 24.3 Å². The molecule has 0 spiro atoms. The highest BCUT2D eigenvalue weighted by Gasteiger charge is 2.28. The number of rotatable bonds is 6. The van der Waals surface area contributed by atoms with Crippen molar-refractivity contribution in [3.8, 4) is 5.75 Å². The number of ether oxygens (including phenoxy) is 1. The number of aryl methyl sites for hydroxylation is 1. The summed E-state index contributed by atoms with van der Waals surface area (Å²) in [5.74, 6) is 1.18. The van der Waals surface area contributed by atoms with Gasteiger partial charge in [-0.2, -0.15) is 5.10 Å². The van der Waals surface area contributed by atoms with Gasteiger partial charge in [0.15, 0.2) is 0 Å². The van der Waals surface area contributed by atoms with E-state index in [4.69, 9.17) is 4.74 Å². The number of nitrogens with zero attached hydrogens (tertiary/aromatic N) is 4. The van der Waals surface area contributed by atoms with E-state index in [2.05, 4.69) is 17.2 Å². The van der Waals surface area contributed by atoms with E-state index in [-0.39, 0.29) is 11.6 Å². The maximum atomic E-state index is 13.0. The van der Waals surface area contributed by atoms with Crippen molar-refractivity contribution in [2.45, 2.75) is 32.7 Å². The lowest BCUT2D eigenvalue weighted by molar-refractivity contribution is -0.386. The zero-order chi connectivity index (χ0) is 22.8. The molecule has 1 fully saturated rings. The summed E-state index contributed by atoms with van der Waals surface area (Å²) in [6, 6.07) is 15.4. The minimum atomic E-state index is -0.398. The molecule has 3 aromatic rings. The molecule has 1 aromatic heterocycles. The molecule has 0 N–H and O–H groups in total. The zero-order valence-corrected chi connectivity index (χ0v) is 18.4. The Kier molecular flexibility index (Phi) is 5.94. The van der Waals surface area contributed by atoms with Crippen LogP contribution in [0.15, 0.2) is 48.5 Å². The van der Waals surface area contributed by atoms with Crippen LogP contribution in [0.1, 0.15) is 45.2 Å². The second-order valence-corrected chi connectivity index (χ2v) is 8.14. The number of carbonyl (C=O) groups is 1. The van der Waals surface area contributed by atoms with E-state index in [0.29, 0.717) is 36.0 Å². The first-order chi connectivity index (χ1) is 15.4. The average molecular weight is 434 g/mol. The molecular weight excluding hydrogens is 408 g/mol. The summed E-state index contributed by atoms with van der Waals surface area (Å²) < 4.78 is 6.85. The Hall–Kier alpha value is -3.68. The lowest BCUT2D eigenvalue weighted by Crippen LogP contribution is -2.28. The summed E-state index contributed by atoms with van der Waals surface area (Å²) in [4.78, 5) is 25.7. The predicted octanol–water partition coefficient (Wildman–Crippen LogP) is 4.09. The van der Waals surface area contributed by atoms with Gasteiger partial charge in [0.1, 0.15) is 17.1 Å².